The Bertz CT molecular complexity index is 991. The topological polar surface area (TPSA) is 61.9 Å². The molecule has 0 saturated heterocycles. The number of nitrogens with one attached hydrogen (secondary N) is 1. The van der Waals surface area contributed by atoms with Gasteiger partial charge in [0.15, 0.2) is 5.82 Å². The summed E-state index contributed by atoms with van der Waals surface area (Å²) >= 11 is 13.4. The molecule has 1 N–H and O–H groups in total. The van der Waals surface area contributed by atoms with Gasteiger partial charge in [-0.25, -0.2) is 4.98 Å². The molecule has 4 rings (SSSR count). The molecule has 1 amide bonds. The number of para-hydroxylation sites is 1. The van der Waals surface area contributed by atoms with E-state index in [1.807, 2.05) is 23.1 Å². The number of fused-ring (bicyclic) bond motifs is 1. The minimum absolute atomic E-state index is 0.0584. The number of aromatic amines is 1. The second-order valence-corrected chi connectivity index (χ2v) is 7.94. The van der Waals surface area contributed by atoms with Crippen LogP contribution in [0.5, 0.6) is 0 Å². The van der Waals surface area contributed by atoms with Crippen molar-refractivity contribution in [2.75, 3.05) is 17.2 Å². The van der Waals surface area contributed by atoms with Crippen LogP contribution in [0.4, 0.5) is 5.69 Å². The third-order valence-electron chi connectivity index (χ3n) is 4.39. The number of hydrogen-bond donors (Lipinski definition) is 1. The molecule has 1 aromatic heterocycles. The van der Waals surface area contributed by atoms with E-state index in [0.29, 0.717) is 21.0 Å². The maximum atomic E-state index is 12.7. The van der Waals surface area contributed by atoms with E-state index < -0.39 is 0 Å². The molecule has 3 aromatic rings. The molecule has 2 aromatic carbocycles. The predicted octanol–water partition coefficient (Wildman–Crippen LogP) is 4.85. The van der Waals surface area contributed by atoms with Gasteiger partial charge in [0.05, 0.1) is 10.8 Å². The fraction of sp³-hybridized carbons (Fsp3) is 0.211. The molecule has 5 nitrogen and oxygen atoms in total. The number of rotatable bonds is 4. The number of amides is 1. The molecule has 1 aliphatic heterocycles. The summed E-state index contributed by atoms with van der Waals surface area (Å²) in [4.78, 5) is 19.0. The number of hydrogen-bond acceptors (Lipinski definition) is 4. The summed E-state index contributed by atoms with van der Waals surface area (Å²) in [6.45, 7) is 0.746. The van der Waals surface area contributed by atoms with Gasteiger partial charge in [0.2, 0.25) is 11.1 Å². The van der Waals surface area contributed by atoms with Crippen molar-refractivity contribution >= 4 is 46.6 Å². The molecule has 0 atom stereocenters. The molecule has 0 fully saturated rings. The number of benzene rings is 2. The van der Waals surface area contributed by atoms with E-state index in [0.717, 1.165) is 30.6 Å². The molecule has 138 valence electrons. The van der Waals surface area contributed by atoms with E-state index in [4.69, 9.17) is 23.2 Å². The highest BCUT2D eigenvalue weighted by Gasteiger charge is 2.22. The molecule has 8 heteroatoms. The molecule has 0 saturated carbocycles. The number of halogens is 2. The van der Waals surface area contributed by atoms with Crippen LogP contribution < -0.4 is 4.90 Å². The number of H-pyrrole nitrogens is 1. The van der Waals surface area contributed by atoms with E-state index in [-0.39, 0.29) is 11.7 Å². The van der Waals surface area contributed by atoms with Gasteiger partial charge in [0.1, 0.15) is 0 Å². The average molecular weight is 419 g/mol. The van der Waals surface area contributed by atoms with E-state index in [9.17, 15) is 4.79 Å². The molecule has 1 aliphatic rings. The lowest BCUT2D eigenvalue weighted by Gasteiger charge is -2.29. The number of anilines is 1. The number of aromatic nitrogens is 3. The first-order chi connectivity index (χ1) is 13.1. The van der Waals surface area contributed by atoms with Crippen LogP contribution in [-0.2, 0) is 11.2 Å². The van der Waals surface area contributed by atoms with Gasteiger partial charge >= 0.3 is 0 Å². The van der Waals surface area contributed by atoms with Gasteiger partial charge in [-0.15, -0.1) is 5.10 Å². The van der Waals surface area contributed by atoms with Crippen molar-refractivity contribution in [2.24, 2.45) is 0 Å². The third-order valence-corrected chi connectivity index (χ3v) is 5.77. The number of carbonyl (C=O) groups is 1. The van der Waals surface area contributed by atoms with Gasteiger partial charge in [-0.2, -0.15) is 0 Å². The van der Waals surface area contributed by atoms with Gasteiger partial charge in [-0.05, 0) is 42.7 Å². The first-order valence-corrected chi connectivity index (χ1v) is 10.2. The molecule has 27 heavy (non-hydrogen) atoms. The Labute approximate surface area is 171 Å². The first-order valence-electron chi connectivity index (χ1n) is 8.51. The lowest BCUT2D eigenvalue weighted by atomic mass is 10.0. The highest BCUT2D eigenvalue weighted by Crippen LogP contribution is 2.30. The van der Waals surface area contributed by atoms with Gasteiger partial charge in [-0.3, -0.25) is 9.89 Å². The lowest BCUT2D eigenvalue weighted by molar-refractivity contribution is -0.116. The maximum absolute atomic E-state index is 12.7. The SMILES string of the molecule is O=C(CSc1n[nH]c(-c2ccc(Cl)cc2Cl)n1)N1CCCc2ccccc21. The second-order valence-electron chi connectivity index (χ2n) is 6.16. The fourth-order valence-corrected chi connectivity index (χ4v) is 4.28. The van der Waals surface area contributed by atoms with Crippen LogP contribution in [0, 0.1) is 0 Å². The summed E-state index contributed by atoms with van der Waals surface area (Å²) in [6, 6.07) is 13.3. The van der Waals surface area contributed by atoms with Gasteiger partial charge in [0.25, 0.3) is 0 Å². The van der Waals surface area contributed by atoms with Crippen LogP contribution in [0.1, 0.15) is 12.0 Å². The van der Waals surface area contributed by atoms with E-state index in [1.54, 1.807) is 18.2 Å². The summed E-state index contributed by atoms with van der Waals surface area (Å²) in [5, 5.41) is 8.61. The van der Waals surface area contributed by atoms with Crippen LogP contribution in [0.3, 0.4) is 0 Å². The standard InChI is InChI=1S/C19H16Cl2N4OS/c20-13-7-8-14(15(21)10-13)18-22-19(24-23-18)27-11-17(26)25-9-3-5-12-4-1-2-6-16(12)25/h1-2,4,6-8,10H,3,5,9,11H2,(H,22,23,24). The fourth-order valence-electron chi connectivity index (χ4n) is 3.11. The monoisotopic (exact) mass is 418 g/mol. The second kappa shape index (κ2) is 7.92. The smallest absolute Gasteiger partial charge is 0.237 e. The van der Waals surface area contributed by atoms with Crippen LogP contribution in [-0.4, -0.2) is 33.4 Å². The van der Waals surface area contributed by atoms with Gasteiger partial charge in [-0.1, -0.05) is 53.2 Å². The van der Waals surface area contributed by atoms with Crippen molar-refractivity contribution in [3.63, 3.8) is 0 Å². The number of thioether (sulfide) groups is 1. The van der Waals surface area contributed by atoms with Gasteiger partial charge < -0.3 is 4.90 Å². The van der Waals surface area contributed by atoms with Crippen LogP contribution in [0.2, 0.25) is 10.0 Å². The van der Waals surface area contributed by atoms with Crippen LogP contribution in [0.25, 0.3) is 11.4 Å². The number of aryl methyl sites for hydroxylation is 1. The van der Waals surface area contributed by atoms with E-state index in [1.165, 1.54) is 17.3 Å². The Hall–Kier alpha value is -2.02. The molecule has 0 unspecified atom stereocenters. The molecule has 0 spiro atoms. The highest BCUT2D eigenvalue weighted by atomic mass is 35.5. The summed E-state index contributed by atoms with van der Waals surface area (Å²) < 4.78 is 0. The van der Waals surface area contributed by atoms with Crippen molar-refractivity contribution < 1.29 is 4.79 Å². The normalized spacial score (nSPS) is 13.5. The quantitative estimate of drug-likeness (QED) is 0.615. The lowest BCUT2D eigenvalue weighted by Crippen LogP contribution is -2.36. The number of carbonyl (C=O) groups excluding carboxylic acids is 1. The zero-order valence-electron chi connectivity index (χ0n) is 14.3. The largest absolute Gasteiger partial charge is 0.311 e. The molecule has 0 aliphatic carbocycles. The average Bonchev–Trinajstić information content (AvgIpc) is 3.14. The van der Waals surface area contributed by atoms with Crippen molar-refractivity contribution in [2.45, 2.75) is 18.0 Å². The Kier molecular flexibility index (Phi) is 5.38. The molecule has 2 heterocycles. The Morgan fingerprint density at radius 3 is 2.93 bits per heavy atom. The third kappa shape index (κ3) is 3.98. The van der Waals surface area contributed by atoms with Crippen LogP contribution in [0.15, 0.2) is 47.6 Å². The molecular formula is C19H16Cl2N4OS. The Morgan fingerprint density at radius 1 is 1.22 bits per heavy atom. The predicted molar refractivity (Wildman–Crippen MR) is 110 cm³/mol. The summed E-state index contributed by atoms with van der Waals surface area (Å²) in [5.74, 6) is 0.887. The molecular weight excluding hydrogens is 403 g/mol. The van der Waals surface area contributed by atoms with Crippen molar-refractivity contribution in [3.05, 3.63) is 58.1 Å². The summed E-state index contributed by atoms with van der Waals surface area (Å²) in [7, 11) is 0. The van der Waals surface area contributed by atoms with E-state index >= 15 is 0 Å². The minimum atomic E-state index is 0.0584. The van der Waals surface area contributed by atoms with E-state index in [2.05, 4.69) is 21.2 Å². The van der Waals surface area contributed by atoms with Crippen molar-refractivity contribution in [1.29, 1.82) is 0 Å². The Balaban J connectivity index is 1.44. The molecule has 0 bridgehead atoms. The minimum Gasteiger partial charge on any atom is -0.311 e. The highest BCUT2D eigenvalue weighted by molar-refractivity contribution is 7.99. The van der Waals surface area contributed by atoms with Crippen molar-refractivity contribution in [1.82, 2.24) is 15.2 Å². The molecule has 0 radical (unpaired) electrons. The zero-order valence-corrected chi connectivity index (χ0v) is 16.6. The summed E-state index contributed by atoms with van der Waals surface area (Å²) in [6.07, 6.45) is 1.99. The summed E-state index contributed by atoms with van der Waals surface area (Å²) in [5.41, 5.74) is 2.95. The maximum Gasteiger partial charge on any atom is 0.237 e. The number of nitrogens with zero attached hydrogens (tertiary/aromatic N) is 3. The van der Waals surface area contributed by atoms with Crippen LogP contribution >= 0.6 is 35.0 Å². The van der Waals surface area contributed by atoms with Gasteiger partial charge in [0, 0.05) is 22.8 Å². The Morgan fingerprint density at radius 2 is 2.07 bits per heavy atom. The van der Waals surface area contributed by atoms with Crippen molar-refractivity contribution in [3.8, 4) is 11.4 Å². The first kappa shape index (κ1) is 18.3. The zero-order chi connectivity index (χ0) is 18.8.